The van der Waals surface area contributed by atoms with Gasteiger partial charge in [0.05, 0.1) is 19.3 Å². The van der Waals surface area contributed by atoms with Gasteiger partial charge in [0.15, 0.2) is 6.04 Å². The quantitative estimate of drug-likeness (QED) is 0.540. The predicted octanol–water partition coefficient (Wildman–Crippen LogP) is 5.11. The van der Waals surface area contributed by atoms with E-state index in [1.807, 2.05) is 20.8 Å². The Morgan fingerprint density at radius 1 is 0.812 bits per heavy atom. The lowest BCUT2D eigenvalue weighted by atomic mass is 9.91. The molecule has 2 aliphatic rings. The second kappa shape index (κ2) is 14.0. The van der Waals surface area contributed by atoms with E-state index in [-0.39, 0.29) is 6.61 Å². The lowest BCUT2D eigenvalue weighted by molar-refractivity contribution is -0.146. The van der Waals surface area contributed by atoms with E-state index in [0.29, 0.717) is 0 Å². The van der Waals surface area contributed by atoms with E-state index >= 15 is 0 Å². The van der Waals surface area contributed by atoms with Crippen LogP contribution in [-0.4, -0.2) is 55.1 Å². The van der Waals surface area contributed by atoms with Crippen molar-refractivity contribution in [2.75, 3.05) is 13.7 Å². The van der Waals surface area contributed by atoms with Gasteiger partial charge < -0.3 is 24.8 Å². The molecule has 0 aliphatic heterocycles. The Labute approximate surface area is 195 Å². The first kappa shape index (κ1) is 28.7. The van der Waals surface area contributed by atoms with Crippen LogP contribution in [0.4, 0.5) is 4.79 Å². The van der Waals surface area contributed by atoms with Gasteiger partial charge in [-0.25, -0.2) is 9.59 Å². The Kier molecular flexibility index (Phi) is 12.6. The molecule has 7 nitrogen and oxygen atoms in total. The molecule has 0 radical (unpaired) electrons. The summed E-state index contributed by atoms with van der Waals surface area (Å²) in [5.41, 5.74) is -1.04. The molecule has 188 valence electrons. The van der Waals surface area contributed by atoms with Crippen LogP contribution in [0.15, 0.2) is 0 Å². The number of esters is 1. The van der Waals surface area contributed by atoms with E-state index in [1.54, 1.807) is 20.8 Å². The molecular formula is C25H48N2O5. The number of alkyl carbamates (subject to hydrolysis) is 1. The van der Waals surface area contributed by atoms with Gasteiger partial charge in [0, 0.05) is 12.1 Å². The summed E-state index contributed by atoms with van der Waals surface area (Å²) in [4.78, 5) is 23.2. The molecule has 7 heteroatoms. The van der Waals surface area contributed by atoms with Crippen LogP contribution < -0.4 is 10.6 Å². The fourth-order valence-corrected chi connectivity index (χ4v) is 3.97. The first-order valence-corrected chi connectivity index (χ1v) is 12.4. The Morgan fingerprint density at radius 2 is 1.28 bits per heavy atom. The summed E-state index contributed by atoms with van der Waals surface area (Å²) >= 11 is 0. The minimum absolute atomic E-state index is 0.0232. The van der Waals surface area contributed by atoms with Crippen molar-refractivity contribution < 1.29 is 23.8 Å². The number of amides is 1. The standard InChI is InChI=1S/C13H25NO5.C12H23N/c1-12(2,3)18-8-9(10(15)17-7)14-11(16)19-13(4,5)6;1-3-7-11(8-4-1)13-12-9-5-2-6-10-12/h9H,8H2,1-7H3,(H,14,16);11-13H,1-10H2/t9-;/m0./s1. The third-order valence-corrected chi connectivity index (χ3v) is 5.54. The topological polar surface area (TPSA) is 85.9 Å². The molecule has 0 aromatic rings. The van der Waals surface area contributed by atoms with Crippen molar-refractivity contribution in [1.29, 1.82) is 0 Å². The van der Waals surface area contributed by atoms with E-state index < -0.39 is 29.3 Å². The molecule has 2 fully saturated rings. The summed E-state index contributed by atoms with van der Waals surface area (Å²) in [6, 6.07) is 0.854. The van der Waals surface area contributed by atoms with Crippen LogP contribution in [0.5, 0.6) is 0 Å². The predicted molar refractivity (Wildman–Crippen MR) is 128 cm³/mol. The number of rotatable bonds is 6. The number of hydrogen-bond donors (Lipinski definition) is 2. The van der Waals surface area contributed by atoms with Crippen molar-refractivity contribution in [3.63, 3.8) is 0 Å². The molecule has 2 saturated carbocycles. The van der Waals surface area contributed by atoms with Gasteiger partial charge in [-0.05, 0) is 67.2 Å². The van der Waals surface area contributed by atoms with E-state index in [0.717, 1.165) is 12.1 Å². The van der Waals surface area contributed by atoms with E-state index in [4.69, 9.17) is 9.47 Å². The molecule has 2 aliphatic carbocycles. The fraction of sp³-hybridized carbons (Fsp3) is 0.920. The van der Waals surface area contributed by atoms with Crippen molar-refractivity contribution >= 4 is 12.1 Å². The van der Waals surface area contributed by atoms with Crippen molar-refractivity contribution in [1.82, 2.24) is 10.6 Å². The smallest absolute Gasteiger partial charge is 0.408 e. The Morgan fingerprint density at radius 3 is 1.66 bits per heavy atom. The number of nitrogens with one attached hydrogen (secondary N) is 2. The Hall–Kier alpha value is -1.34. The zero-order chi connectivity index (χ0) is 24.2. The summed E-state index contributed by atoms with van der Waals surface area (Å²) in [7, 11) is 1.25. The average molecular weight is 457 g/mol. The highest BCUT2D eigenvalue weighted by molar-refractivity contribution is 5.81. The van der Waals surface area contributed by atoms with Crippen molar-refractivity contribution in [2.45, 2.75) is 135 Å². The average Bonchev–Trinajstić information content (AvgIpc) is 2.70. The second-order valence-corrected chi connectivity index (χ2v) is 11.0. The van der Waals surface area contributed by atoms with Crippen LogP contribution in [0.25, 0.3) is 0 Å². The SMILES string of the molecule is C1CCC(NC2CCCCC2)CC1.COC(=O)[C@H](COC(C)(C)C)NC(=O)OC(C)(C)C. The van der Waals surface area contributed by atoms with Gasteiger partial charge in [0.2, 0.25) is 0 Å². The number of hydrogen-bond acceptors (Lipinski definition) is 6. The van der Waals surface area contributed by atoms with Crippen LogP contribution in [0.3, 0.4) is 0 Å². The van der Waals surface area contributed by atoms with Crippen LogP contribution in [0, 0.1) is 0 Å². The van der Waals surface area contributed by atoms with Gasteiger partial charge in [-0.3, -0.25) is 0 Å². The minimum atomic E-state index is -0.890. The van der Waals surface area contributed by atoms with Crippen molar-refractivity contribution in [2.24, 2.45) is 0 Å². The first-order chi connectivity index (χ1) is 14.9. The maximum Gasteiger partial charge on any atom is 0.408 e. The van der Waals surface area contributed by atoms with Gasteiger partial charge >= 0.3 is 12.1 Å². The van der Waals surface area contributed by atoms with Crippen LogP contribution >= 0.6 is 0 Å². The molecule has 0 spiro atoms. The molecule has 0 unspecified atom stereocenters. The largest absolute Gasteiger partial charge is 0.467 e. The Bertz CT molecular complexity index is 526. The van der Waals surface area contributed by atoms with Crippen molar-refractivity contribution in [3.05, 3.63) is 0 Å². The minimum Gasteiger partial charge on any atom is -0.467 e. The summed E-state index contributed by atoms with van der Waals surface area (Å²) < 4.78 is 15.2. The summed E-state index contributed by atoms with van der Waals surface area (Å²) in [5, 5.41) is 6.29. The molecule has 0 bridgehead atoms. The van der Waals surface area contributed by atoms with Gasteiger partial charge in [0.25, 0.3) is 0 Å². The summed E-state index contributed by atoms with van der Waals surface area (Å²) in [6.07, 6.45) is 13.9. The molecule has 2 N–H and O–H groups in total. The van der Waals surface area contributed by atoms with Gasteiger partial charge in [-0.1, -0.05) is 38.5 Å². The molecular weight excluding hydrogens is 408 g/mol. The maximum atomic E-state index is 11.6. The second-order valence-electron chi connectivity index (χ2n) is 11.0. The number of carbonyl (C=O) groups is 2. The van der Waals surface area contributed by atoms with E-state index in [2.05, 4.69) is 15.4 Å². The number of methoxy groups -OCH3 is 1. The molecule has 32 heavy (non-hydrogen) atoms. The summed E-state index contributed by atoms with van der Waals surface area (Å²) in [5.74, 6) is -0.574. The molecule has 1 atom stereocenters. The normalized spacial score (nSPS) is 19.3. The molecule has 2 rings (SSSR count). The third-order valence-electron chi connectivity index (χ3n) is 5.54. The Balaban J connectivity index is 0.000000339. The molecule has 1 amide bonds. The number of carbonyl (C=O) groups excluding carboxylic acids is 2. The van der Waals surface area contributed by atoms with Crippen LogP contribution in [0.2, 0.25) is 0 Å². The van der Waals surface area contributed by atoms with Gasteiger partial charge in [-0.15, -0.1) is 0 Å². The van der Waals surface area contributed by atoms with Crippen molar-refractivity contribution in [3.8, 4) is 0 Å². The molecule has 0 heterocycles. The third kappa shape index (κ3) is 13.9. The lowest BCUT2D eigenvalue weighted by Crippen LogP contribution is -2.47. The van der Waals surface area contributed by atoms with E-state index in [1.165, 1.54) is 71.3 Å². The van der Waals surface area contributed by atoms with Gasteiger partial charge in [-0.2, -0.15) is 0 Å². The van der Waals surface area contributed by atoms with Gasteiger partial charge in [0.1, 0.15) is 5.60 Å². The molecule has 0 aromatic carbocycles. The maximum absolute atomic E-state index is 11.6. The highest BCUT2D eigenvalue weighted by Crippen LogP contribution is 2.22. The lowest BCUT2D eigenvalue weighted by Gasteiger charge is -2.30. The highest BCUT2D eigenvalue weighted by Gasteiger charge is 2.27. The molecule has 0 saturated heterocycles. The zero-order valence-corrected chi connectivity index (χ0v) is 21.6. The van der Waals surface area contributed by atoms with Crippen LogP contribution in [-0.2, 0) is 19.0 Å². The summed E-state index contributed by atoms with van der Waals surface area (Å²) in [6.45, 7) is 10.8. The zero-order valence-electron chi connectivity index (χ0n) is 21.6. The molecule has 0 aromatic heterocycles. The van der Waals surface area contributed by atoms with Crippen LogP contribution in [0.1, 0.15) is 106 Å². The monoisotopic (exact) mass is 456 g/mol. The highest BCUT2D eigenvalue weighted by atomic mass is 16.6. The number of ether oxygens (including phenoxy) is 3. The van der Waals surface area contributed by atoms with E-state index in [9.17, 15) is 9.59 Å². The first-order valence-electron chi connectivity index (χ1n) is 12.4. The fourth-order valence-electron chi connectivity index (χ4n) is 3.97.